The molecule has 0 unspecified atom stereocenters. The number of nitrogens with one attached hydrogen (secondary N) is 1. The van der Waals surface area contributed by atoms with Gasteiger partial charge in [0.15, 0.2) is 0 Å². The van der Waals surface area contributed by atoms with E-state index in [0.29, 0.717) is 18.7 Å². The molecule has 0 aliphatic carbocycles. The van der Waals surface area contributed by atoms with Crippen molar-refractivity contribution in [3.05, 3.63) is 53.1 Å². The summed E-state index contributed by atoms with van der Waals surface area (Å²) in [6.45, 7) is 6.44. The summed E-state index contributed by atoms with van der Waals surface area (Å²) in [5.74, 6) is 0.377. The predicted molar refractivity (Wildman–Crippen MR) is 118 cm³/mol. The fraction of sp³-hybridized carbons (Fsp3) is 0.478. The number of anilines is 1. The molecule has 29 heavy (non-hydrogen) atoms. The van der Waals surface area contributed by atoms with Crippen LogP contribution < -0.4 is 14.4 Å². The lowest BCUT2D eigenvalue weighted by atomic mass is 10.1. The summed E-state index contributed by atoms with van der Waals surface area (Å²) in [5, 5.41) is 0. The van der Waals surface area contributed by atoms with Gasteiger partial charge in [0.1, 0.15) is 10.6 Å². The minimum Gasteiger partial charge on any atom is -0.495 e. The van der Waals surface area contributed by atoms with E-state index in [1.165, 1.54) is 38.5 Å². The van der Waals surface area contributed by atoms with E-state index in [1.807, 2.05) is 13.8 Å². The Morgan fingerprint density at radius 1 is 0.966 bits per heavy atom. The van der Waals surface area contributed by atoms with Crippen LogP contribution in [0, 0.1) is 13.8 Å². The van der Waals surface area contributed by atoms with Crippen molar-refractivity contribution in [2.24, 2.45) is 0 Å². The number of rotatable bonds is 7. The normalized spacial score (nSPS) is 15.2. The zero-order valence-electron chi connectivity index (χ0n) is 17.7. The molecular weight excluding hydrogens is 384 g/mol. The predicted octanol–water partition coefficient (Wildman–Crippen LogP) is 4.21. The van der Waals surface area contributed by atoms with Crippen molar-refractivity contribution in [2.45, 2.75) is 50.8 Å². The maximum absolute atomic E-state index is 12.8. The van der Waals surface area contributed by atoms with Crippen LogP contribution >= 0.6 is 0 Å². The average molecular weight is 417 g/mol. The lowest BCUT2D eigenvalue weighted by Gasteiger charge is -2.22. The van der Waals surface area contributed by atoms with Crippen LogP contribution in [0.4, 0.5) is 5.69 Å². The SMILES string of the molecule is COc1cc(C)c(C)cc1S(=O)(=O)NCCc1ccc(N2CCCCCC2)cc1. The van der Waals surface area contributed by atoms with Gasteiger partial charge in [-0.3, -0.25) is 0 Å². The number of aryl methyl sites for hydroxylation is 2. The van der Waals surface area contributed by atoms with Gasteiger partial charge >= 0.3 is 0 Å². The summed E-state index contributed by atoms with van der Waals surface area (Å²) >= 11 is 0. The van der Waals surface area contributed by atoms with Gasteiger partial charge in [-0.05, 0) is 74.1 Å². The molecule has 0 saturated carbocycles. The molecule has 6 heteroatoms. The Morgan fingerprint density at radius 2 is 1.59 bits per heavy atom. The van der Waals surface area contributed by atoms with Crippen molar-refractivity contribution < 1.29 is 13.2 Å². The van der Waals surface area contributed by atoms with Crippen molar-refractivity contribution in [1.29, 1.82) is 0 Å². The zero-order valence-corrected chi connectivity index (χ0v) is 18.5. The number of sulfonamides is 1. The molecule has 0 radical (unpaired) electrons. The zero-order chi connectivity index (χ0) is 20.9. The van der Waals surface area contributed by atoms with Gasteiger partial charge in [0.25, 0.3) is 0 Å². The first kappa shape index (κ1) is 21.7. The Bertz CT molecular complexity index is 916. The van der Waals surface area contributed by atoms with E-state index < -0.39 is 10.0 Å². The van der Waals surface area contributed by atoms with Gasteiger partial charge in [-0.25, -0.2) is 13.1 Å². The third-order valence-corrected chi connectivity index (χ3v) is 7.17. The molecule has 1 aliphatic heterocycles. The number of methoxy groups -OCH3 is 1. The highest BCUT2D eigenvalue weighted by Gasteiger charge is 2.20. The molecule has 158 valence electrons. The number of ether oxygens (including phenoxy) is 1. The Kier molecular flexibility index (Phi) is 7.19. The molecule has 3 rings (SSSR count). The summed E-state index contributed by atoms with van der Waals surface area (Å²) in [4.78, 5) is 2.64. The Balaban J connectivity index is 1.61. The molecule has 1 fully saturated rings. The first-order valence-electron chi connectivity index (χ1n) is 10.4. The van der Waals surface area contributed by atoms with Crippen LogP contribution in [0.15, 0.2) is 41.3 Å². The van der Waals surface area contributed by atoms with Crippen LogP contribution in [-0.2, 0) is 16.4 Å². The van der Waals surface area contributed by atoms with Crippen molar-refractivity contribution in [2.75, 3.05) is 31.6 Å². The fourth-order valence-corrected chi connectivity index (χ4v) is 5.01. The molecule has 0 amide bonds. The number of benzene rings is 2. The summed E-state index contributed by atoms with van der Waals surface area (Å²) in [6.07, 6.45) is 5.80. The van der Waals surface area contributed by atoms with Crippen LogP contribution in [0.2, 0.25) is 0 Å². The quantitative estimate of drug-likeness (QED) is 0.734. The van der Waals surface area contributed by atoms with Crippen LogP contribution in [0.1, 0.15) is 42.4 Å². The molecule has 2 aromatic rings. The molecule has 1 saturated heterocycles. The lowest BCUT2D eigenvalue weighted by molar-refractivity contribution is 0.402. The van der Waals surface area contributed by atoms with E-state index in [-0.39, 0.29) is 4.90 Å². The van der Waals surface area contributed by atoms with E-state index in [0.717, 1.165) is 29.8 Å². The molecule has 0 aromatic heterocycles. The Morgan fingerprint density at radius 3 is 2.21 bits per heavy atom. The molecule has 1 aliphatic rings. The van der Waals surface area contributed by atoms with E-state index >= 15 is 0 Å². The molecule has 0 atom stereocenters. The summed E-state index contributed by atoms with van der Waals surface area (Å²) in [5.41, 5.74) is 4.31. The van der Waals surface area contributed by atoms with Crippen molar-refractivity contribution in [1.82, 2.24) is 4.72 Å². The Labute approximate surface area is 175 Å². The van der Waals surface area contributed by atoms with Crippen molar-refractivity contribution in [3.63, 3.8) is 0 Å². The topological polar surface area (TPSA) is 58.6 Å². The minimum atomic E-state index is -3.63. The second-order valence-electron chi connectivity index (χ2n) is 7.80. The highest BCUT2D eigenvalue weighted by atomic mass is 32.2. The number of hydrogen-bond donors (Lipinski definition) is 1. The monoisotopic (exact) mass is 416 g/mol. The molecular formula is C23H32N2O3S. The van der Waals surface area contributed by atoms with E-state index in [9.17, 15) is 8.42 Å². The van der Waals surface area contributed by atoms with Gasteiger partial charge in [0, 0.05) is 25.3 Å². The fourth-order valence-electron chi connectivity index (χ4n) is 3.74. The summed E-state index contributed by atoms with van der Waals surface area (Å²) < 4.78 is 33.5. The summed E-state index contributed by atoms with van der Waals surface area (Å²) in [6, 6.07) is 12.0. The molecule has 5 nitrogen and oxygen atoms in total. The maximum Gasteiger partial charge on any atom is 0.244 e. The van der Waals surface area contributed by atoms with Gasteiger partial charge in [0.05, 0.1) is 7.11 Å². The van der Waals surface area contributed by atoms with Crippen LogP contribution in [-0.4, -0.2) is 35.2 Å². The van der Waals surface area contributed by atoms with E-state index in [2.05, 4.69) is 33.9 Å². The summed E-state index contributed by atoms with van der Waals surface area (Å²) in [7, 11) is -2.13. The largest absolute Gasteiger partial charge is 0.495 e. The Hall–Kier alpha value is -2.05. The first-order valence-corrected chi connectivity index (χ1v) is 11.9. The van der Waals surface area contributed by atoms with E-state index in [4.69, 9.17) is 4.74 Å². The van der Waals surface area contributed by atoms with Crippen LogP contribution in [0.25, 0.3) is 0 Å². The highest BCUT2D eigenvalue weighted by Crippen LogP contribution is 2.27. The van der Waals surface area contributed by atoms with E-state index in [1.54, 1.807) is 12.1 Å². The third-order valence-electron chi connectivity index (χ3n) is 5.68. The number of hydrogen-bond acceptors (Lipinski definition) is 4. The van der Waals surface area contributed by atoms with Gasteiger partial charge in [-0.2, -0.15) is 0 Å². The second kappa shape index (κ2) is 9.63. The smallest absolute Gasteiger partial charge is 0.244 e. The molecule has 1 heterocycles. The standard InChI is InChI=1S/C23H32N2O3S/c1-18-16-22(28-3)23(17-19(18)2)29(26,27)24-13-12-20-8-10-21(11-9-20)25-14-6-4-5-7-15-25/h8-11,16-17,24H,4-7,12-15H2,1-3H3. The second-order valence-corrected chi connectivity index (χ2v) is 9.54. The number of nitrogens with zero attached hydrogens (tertiary/aromatic N) is 1. The van der Waals surface area contributed by atoms with Gasteiger partial charge in [0.2, 0.25) is 10.0 Å². The molecule has 0 bridgehead atoms. The van der Waals surface area contributed by atoms with Crippen LogP contribution in [0.5, 0.6) is 5.75 Å². The van der Waals surface area contributed by atoms with Crippen molar-refractivity contribution >= 4 is 15.7 Å². The lowest BCUT2D eigenvalue weighted by Crippen LogP contribution is -2.26. The van der Waals surface area contributed by atoms with Crippen molar-refractivity contribution in [3.8, 4) is 5.75 Å². The third kappa shape index (κ3) is 5.52. The minimum absolute atomic E-state index is 0.194. The maximum atomic E-state index is 12.8. The first-order chi connectivity index (χ1) is 13.9. The molecule has 2 aromatic carbocycles. The molecule has 1 N–H and O–H groups in total. The van der Waals surface area contributed by atoms with Crippen LogP contribution in [0.3, 0.4) is 0 Å². The average Bonchev–Trinajstić information content (AvgIpc) is 2.99. The van der Waals surface area contributed by atoms with Gasteiger partial charge in [-0.1, -0.05) is 25.0 Å². The van der Waals surface area contributed by atoms with Gasteiger partial charge < -0.3 is 9.64 Å². The molecule has 0 spiro atoms. The van der Waals surface area contributed by atoms with Gasteiger partial charge in [-0.15, -0.1) is 0 Å². The highest BCUT2D eigenvalue weighted by molar-refractivity contribution is 7.89.